The molecule has 0 radical (unpaired) electrons. The third-order valence-corrected chi connectivity index (χ3v) is 4.47. The Hall–Kier alpha value is -2.17. The lowest BCUT2D eigenvalue weighted by molar-refractivity contribution is -0.289. The molecule has 2 rings (SSSR count). The van der Waals surface area contributed by atoms with Crippen LogP contribution in [0.5, 0.6) is 0 Å². The SMILES string of the molecule is Nc1cccc(C(=O)Cc2c(Br)cc(C(F)(F)C(F)(F)F)cc2C(F)(F)F)c1. The largest absolute Gasteiger partial charge is 0.458 e. The van der Waals surface area contributed by atoms with Crippen molar-refractivity contribution in [3.05, 3.63) is 63.1 Å². The number of alkyl halides is 8. The van der Waals surface area contributed by atoms with E-state index in [4.69, 9.17) is 5.73 Å². The summed E-state index contributed by atoms with van der Waals surface area (Å²) < 4.78 is 104. The molecule has 2 N–H and O–H groups in total. The molecule has 0 aromatic heterocycles. The smallest absolute Gasteiger partial charge is 0.399 e. The number of ketones is 1. The fourth-order valence-electron chi connectivity index (χ4n) is 2.39. The van der Waals surface area contributed by atoms with Crippen LogP contribution in [0.4, 0.5) is 40.8 Å². The third-order valence-electron chi connectivity index (χ3n) is 3.77. The second-order valence-corrected chi connectivity index (χ2v) is 6.63. The summed E-state index contributed by atoms with van der Waals surface area (Å²) in [6.07, 6.45) is -12.3. The van der Waals surface area contributed by atoms with Crippen molar-refractivity contribution in [3.63, 3.8) is 0 Å². The molecule has 0 aliphatic carbocycles. The molecule has 0 amide bonds. The van der Waals surface area contributed by atoms with Gasteiger partial charge < -0.3 is 5.73 Å². The van der Waals surface area contributed by atoms with Gasteiger partial charge in [-0.25, -0.2) is 0 Å². The monoisotopic (exact) mass is 475 g/mol. The number of benzene rings is 2. The van der Waals surface area contributed by atoms with Gasteiger partial charge in [-0.3, -0.25) is 4.79 Å². The van der Waals surface area contributed by atoms with Gasteiger partial charge in [0.2, 0.25) is 0 Å². The first-order chi connectivity index (χ1) is 12.6. The minimum absolute atomic E-state index is 0.0373. The van der Waals surface area contributed by atoms with E-state index in [1.54, 1.807) is 0 Å². The van der Waals surface area contributed by atoms with Crippen molar-refractivity contribution in [2.75, 3.05) is 5.73 Å². The molecule has 2 nitrogen and oxygen atoms in total. The molecule has 0 fully saturated rings. The van der Waals surface area contributed by atoms with E-state index in [9.17, 15) is 39.9 Å². The normalized spacial score (nSPS) is 12.9. The Balaban J connectivity index is 2.58. The lowest BCUT2D eigenvalue weighted by Crippen LogP contribution is -2.34. The van der Waals surface area contributed by atoms with Crippen molar-refractivity contribution in [1.29, 1.82) is 0 Å². The first-order valence-electron chi connectivity index (χ1n) is 7.38. The predicted octanol–water partition coefficient (Wildman–Crippen LogP) is 6.13. The van der Waals surface area contributed by atoms with Crippen LogP contribution in [0.3, 0.4) is 0 Å². The summed E-state index contributed by atoms with van der Waals surface area (Å²) in [4.78, 5) is 12.3. The van der Waals surface area contributed by atoms with Crippen LogP contribution in [0.2, 0.25) is 0 Å². The van der Waals surface area contributed by atoms with Crippen LogP contribution in [0.1, 0.15) is 27.0 Å². The Morgan fingerprint density at radius 2 is 1.57 bits per heavy atom. The van der Waals surface area contributed by atoms with Gasteiger partial charge in [-0.15, -0.1) is 0 Å². The summed E-state index contributed by atoms with van der Waals surface area (Å²) in [7, 11) is 0. The Labute approximate surface area is 161 Å². The van der Waals surface area contributed by atoms with Crippen LogP contribution < -0.4 is 5.73 Å². The van der Waals surface area contributed by atoms with E-state index in [0.29, 0.717) is 0 Å². The van der Waals surface area contributed by atoms with Crippen LogP contribution in [0.15, 0.2) is 40.9 Å². The van der Waals surface area contributed by atoms with Gasteiger partial charge in [0.1, 0.15) is 0 Å². The molecule has 11 heteroatoms. The van der Waals surface area contributed by atoms with Crippen molar-refractivity contribution in [3.8, 4) is 0 Å². The molecular formula is C17H10BrF8NO. The van der Waals surface area contributed by atoms with Crippen molar-refractivity contribution in [2.24, 2.45) is 0 Å². The van der Waals surface area contributed by atoms with E-state index in [2.05, 4.69) is 15.9 Å². The molecule has 2 aromatic rings. The van der Waals surface area contributed by atoms with E-state index in [0.717, 1.165) is 0 Å². The summed E-state index contributed by atoms with van der Waals surface area (Å²) >= 11 is 2.59. The van der Waals surface area contributed by atoms with E-state index in [1.165, 1.54) is 24.3 Å². The number of hydrogen-bond donors (Lipinski definition) is 1. The molecule has 0 heterocycles. The van der Waals surface area contributed by atoms with Gasteiger partial charge in [0.05, 0.1) is 5.56 Å². The van der Waals surface area contributed by atoms with Gasteiger partial charge in [-0.1, -0.05) is 28.1 Å². The van der Waals surface area contributed by atoms with Crippen LogP contribution in [-0.2, 0) is 18.5 Å². The lowest BCUT2D eigenvalue weighted by atomic mass is 9.94. The molecule has 152 valence electrons. The number of hydrogen-bond acceptors (Lipinski definition) is 2. The summed E-state index contributed by atoms with van der Waals surface area (Å²) in [6, 6.07) is 5.24. The number of halogens is 9. The van der Waals surface area contributed by atoms with Crippen LogP contribution in [-0.4, -0.2) is 12.0 Å². The fraction of sp³-hybridized carbons (Fsp3) is 0.235. The average Bonchev–Trinajstić information content (AvgIpc) is 2.54. The van der Waals surface area contributed by atoms with Gasteiger partial charge in [-0.2, -0.15) is 35.1 Å². The molecule has 0 atom stereocenters. The summed E-state index contributed by atoms with van der Waals surface area (Å²) in [5.41, 5.74) is 1.21. The first kappa shape index (κ1) is 22.1. The highest BCUT2D eigenvalue weighted by Crippen LogP contribution is 2.47. The molecule has 0 aliphatic rings. The maximum Gasteiger partial charge on any atom is 0.458 e. The van der Waals surface area contributed by atoms with Crippen LogP contribution >= 0.6 is 15.9 Å². The third kappa shape index (κ3) is 4.45. The van der Waals surface area contributed by atoms with Crippen molar-refractivity contribution in [2.45, 2.75) is 24.7 Å². The predicted molar refractivity (Wildman–Crippen MR) is 88.0 cm³/mol. The van der Waals surface area contributed by atoms with E-state index in [1.807, 2.05) is 0 Å². The van der Waals surface area contributed by atoms with Gasteiger partial charge in [0.25, 0.3) is 0 Å². The second-order valence-electron chi connectivity index (χ2n) is 5.78. The lowest BCUT2D eigenvalue weighted by Gasteiger charge is -2.23. The maximum absolute atomic E-state index is 13.5. The number of carbonyl (C=O) groups excluding carboxylic acids is 1. The zero-order chi connectivity index (χ0) is 21.5. The van der Waals surface area contributed by atoms with Crippen molar-refractivity contribution < 1.29 is 39.9 Å². The van der Waals surface area contributed by atoms with E-state index in [-0.39, 0.29) is 23.4 Å². The zero-order valence-corrected chi connectivity index (χ0v) is 15.1. The highest BCUT2D eigenvalue weighted by molar-refractivity contribution is 9.10. The Morgan fingerprint density at radius 1 is 0.964 bits per heavy atom. The molecule has 0 unspecified atom stereocenters. The minimum atomic E-state index is -6.09. The van der Waals surface area contributed by atoms with Crippen LogP contribution in [0, 0.1) is 0 Å². The van der Waals surface area contributed by atoms with Crippen molar-refractivity contribution in [1.82, 2.24) is 0 Å². The standard InChI is InChI=1S/C17H10BrF8NO/c18-13-6-9(15(19,20)17(24,25)26)5-12(16(21,22)23)11(13)7-14(28)8-2-1-3-10(27)4-8/h1-6H,7,27H2. The summed E-state index contributed by atoms with van der Waals surface area (Å²) in [5, 5.41) is 0. The number of nitrogens with two attached hydrogens (primary N) is 1. The van der Waals surface area contributed by atoms with Gasteiger partial charge in [0.15, 0.2) is 5.78 Å². The topological polar surface area (TPSA) is 43.1 Å². The first-order valence-corrected chi connectivity index (χ1v) is 8.17. The van der Waals surface area contributed by atoms with Crippen LogP contribution in [0.25, 0.3) is 0 Å². The molecule has 0 bridgehead atoms. The van der Waals surface area contributed by atoms with E-state index < -0.39 is 51.6 Å². The van der Waals surface area contributed by atoms with E-state index >= 15 is 0 Å². The van der Waals surface area contributed by atoms with Gasteiger partial charge in [-0.05, 0) is 29.8 Å². The molecule has 2 aromatic carbocycles. The number of anilines is 1. The Bertz CT molecular complexity index is 905. The maximum atomic E-state index is 13.5. The minimum Gasteiger partial charge on any atom is -0.399 e. The highest BCUT2D eigenvalue weighted by Gasteiger charge is 2.59. The molecule has 0 aliphatic heterocycles. The van der Waals surface area contributed by atoms with Gasteiger partial charge in [0, 0.05) is 27.7 Å². The van der Waals surface area contributed by atoms with Gasteiger partial charge >= 0.3 is 18.3 Å². The number of nitrogen functional groups attached to an aromatic ring is 1. The Morgan fingerprint density at radius 3 is 2.07 bits per heavy atom. The number of carbonyl (C=O) groups is 1. The molecule has 0 saturated heterocycles. The summed E-state index contributed by atoms with van der Waals surface area (Å²) in [6.45, 7) is 0. The second kappa shape index (κ2) is 7.34. The Kier molecular flexibility index (Phi) is 5.80. The fourth-order valence-corrected chi connectivity index (χ4v) is 2.99. The quantitative estimate of drug-likeness (QED) is 0.328. The molecule has 28 heavy (non-hydrogen) atoms. The summed E-state index contributed by atoms with van der Waals surface area (Å²) in [5.74, 6) is -6.33. The average molecular weight is 476 g/mol. The number of rotatable bonds is 4. The molecule has 0 spiro atoms. The zero-order valence-electron chi connectivity index (χ0n) is 13.6. The van der Waals surface area contributed by atoms with Crippen molar-refractivity contribution >= 4 is 27.4 Å². The number of Topliss-reactive ketones (excluding diaryl/α,β-unsaturated/α-hetero) is 1. The molecule has 0 saturated carbocycles. The molecular weight excluding hydrogens is 466 g/mol. The highest BCUT2D eigenvalue weighted by atomic mass is 79.9.